The Morgan fingerprint density at radius 2 is 1.75 bits per heavy atom. The van der Waals surface area contributed by atoms with Crippen LogP contribution < -0.4 is 14.4 Å². The summed E-state index contributed by atoms with van der Waals surface area (Å²) in [5.74, 6) is -0.532. The molecule has 2 aromatic carbocycles. The Labute approximate surface area is 213 Å². The molecule has 2 aromatic rings. The summed E-state index contributed by atoms with van der Waals surface area (Å²) in [6.45, 7) is 6.46. The highest BCUT2D eigenvalue weighted by molar-refractivity contribution is 7.92. The van der Waals surface area contributed by atoms with Crippen molar-refractivity contribution in [2.45, 2.75) is 52.6 Å². The van der Waals surface area contributed by atoms with Crippen LogP contribution in [0, 0.1) is 5.82 Å². The van der Waals surface area contributed by atoms with E-state index >= 15 is 0 Å². The Morgan fingerprint density at radius 3 is 2.36 bits per heavy atom. The standard InChI is InChI=1S/C26H36FN3O5S/c1-5-17-28-26(32)20(3)29(19-21-13-15-22(27)16-14-21)25(31)12-9-18-30(36(4,33)34)23-10-7-8-11-24(23)35-6-2/h7-8,10-11,13-16,20H,5-6,9,12,17-19H2,1-4H3,(H,28,32)/t20-/m0/s1. The van der Waals surface area contributed by atoms with E-state index < -0.39 is 21.9 Å². The molecule has 0 fully saturated rings. The molecular weight excluding hydrogens is 485 g/mol. The topological polar surface area (TPSA) is 96.0 Å². The number of hydrogen-bond acceptors (Lipinski definition) is 5. The molecule has 0 aliphatic rings. The summed E-state index contributed by atoms with van der Waals surface area (Å²) >= 11 is 0. The van der Waals surface area contributed by atoms with E-state index in [0.29, 0.717) is 30.2 Å². The fourth-order valence-electron chi connectivity index (χ4n) is 3.69. The summed E-state index contributed by atoms with van der Waals surface area (Å²) in [4.78, 5) is 27.3. The van der Waals surface area contributed by atoms with E-state index in [1.165, 1.54) is 21.3 Å². The Bertz CT molecular complexity index is 1110. The zero-order valence-corrected chi connectivity index (χ0v) is 22.2. The van der Waals surface area contributed by atoms with Gasteiger partial charge in [0, 0.05) is 26.1 Å². The molecule has 0 saturated carbocycles. The van der Waals surface area contributed by atoms with E-state index in [1.54, 1.807) is 43.3 Å². The number of amides is 2. The van der Waals surface area contributed by atoms with Crippen molar-refractivity contribution in [3.05, 3.63) is 59.9 Å². The van der Waals surface area contributed by atoms with Gasteiger partial charge in [0.1, 0.15) is 17.6 Å². The van der Waals surface area contributed by atoms with E-state index in [1.807, 2.05) is 13.8 Å². The monoisotopic (exact) mass is 521 g/mol. The normalized spacial score (nSPS) is 12.0. The molecule has 0 saturated heterocycles. The van der Waals surface area contributed by atoms with E-state index in [-0.39, 0.29) is 37.7 Å². The summed E-state index contributed by atoms with van der Waals surface area (Å²) in [5, 5.41) is 2.80. The Morgan fingerprint density at radius 1 is 1.08 bits per heavy atom. The number of sulfonamides is 1. The van der Waals surface area contributed by atoms with Crippen LogP contribution in [0.2, 0.25) is 0 Å². The molecule has 36 heavy (non-hydrogen) atoms. The molecule has 0 unspecified atom stereocenters. The first-order chi connectivity index (χ1) is 17.1. The zero-order valence-electron chi connectivity index (χ0n) is 21.4. The van der Waals surface area contributed by atoms with Gasteiger partial charge < -0.3 is 15.0 Å². The quantitative estimate of drug-likeness (QED) is 0.409. The first kappa shape index (κ1) is 29.1. The molecule has 10 heteroatoms. The second kappa shape index (κ2) is 13.8. The molecule has 0 heterocycles. The number of benzene rings is 2. The van der Waals surface area contributed by atoms with Gasteiger partial charge in [0.05, 0.1) is 18.6 Å². The number of halogens is 1. The number of nitrogens with one attached hydrogen (secondary N) is 1. The highest BCUT2D eigenvalue weighted by Gasteiger charge is 2.27. The number of carbonyl (C=O) groups excluding carboxylic acids is 2. The molecule has 1 N–H and O–H groups in total. The Balaban J connectivity index is 2.18. The minimum Gasteiger partial charge on any atom is -0.492 e. The van der Waals surface area contributed by atoms with E-state index in [0.717, 1.165) is 12.7 Å². The summed E-state index contributed by atoms with van der Waals surface area (Å²) in [7, 11) is -3.64. The van der Waals surface area contributed by atoms with Crippen molar-refractivity contribution >= 4 is 27.5 Å². The van der Waals surface area contributed by atoms with Gasteiger partial charge in [-0.05, 0) is 56.5 Å². The molecule has 0 bridgehead atoms. The Hall–Kier alpha value is -3.14. The van der Waals surface area contributed by atoms with Crippen LogP contribution in [0.5, 0.6) is 5.75 Å². The van der Waals surface area contributed by atoms with Crippen molar-refractivity contribution in [2.24, 2.45) is 0 Å². The highest BCUT2D eigenvalue weighted by atomic mass is 32.2. The second-order valence-electron chi connectivity index (χ2n) is 8.45. The SMILES string of the molecule is CCCNC(=O)[C@H](C)N(Cc1ccc(F)cc1)C(=O)CCCN(c1ccccc1OCC)S(C)(=O)=O. The van der Waals surface area contributed by atoms with Gasteiger partial charge in [0.2, 0.25) is 21.8 Å². The molecule has 198 valence electrons. The van der Waals surface area contributed by atoms with Gasteiger partial charge in [0.15, 0.2) is 0 Å². The lowest BCUT2D eigenvalue weighted by atomic mass is 10.1. The largest absolute Gasteiger partial charge is 0.492 e. The van der Waals surface area contributed by atoms with Crippen molar-refractivity contribution in [1.29, 1.82) is 0 Å². The van der Waals surface area contributed by atoms with Crippen molar-refractivity contribution < 1.29 is 27.1 Å². The highest BCUT2D eigenvalue weighted by Crippen LogP contribution is 2.30. The number of hydrogen-bond donors (Lipinski definition) is 1. The fourth-order valence-corrected chi connectivity index (χ4v) is 4.66. The van der Waals surface area contributed by atoms with Gasteiger partial charge in [-0.3, -0.25) is 13.9 Å². The maximum absolute atomic E-state index is 13.4. The first-order valence-electron chi connectivity index (χ1n) is 12.1. The number of anilines is 1. The van der Waals surface area contributed by atoms with Gasteiger partial charge >= 0.3 is 0 Å². The van der Waals surface area contributed by atoms with Gasteiger partial charge in [-0.2, -0.15) is 0 Å². The van der Waals surface area contributed by atoms with Crippen molar-refractivity contribution in [3.8, 4) is 5.75 Å². The van der Waals surface area contributed by atoms with Crippen LogP contribution in [-0.2, 0) is 26.2 Å². The summed E-state index contributed by atoms with van der Waals surface area (Å²) in [5.41, 5.74) is 1.09. The van der Waals surface area contributed by atoms with E-state index in [4.69, 9.17) is 4.74 Å². The van der Waals surface area contributed by atoms with E-state index in [9.17, 15) is 22.4 Å². The number of nitrogens with zero attached hydrogens (tertiary/aromatic N) is 2. The lowest BCUT2D eigenvalue weighted by Gasteiger charge is -2.29. The van der Waals surface area contributed by atoms with Crippen LogP contribution in [0.4, 0.5) is 10.1 Å². The van der Waals surface area contributed by atoms with Gasteiger partial charge in [-0.25, -0.2) is 12.8 Å². The van der Waals surface area contributed by atoms with Crippen molar-refractivity contribution in [1.82, 2.24) is 10.2 Å². The van der Waals surface area contributed by atoms with Crippen molar-refractivity contribution in [3.63, 3.8) is 0 Å². The first-order valence-corrected chi connectivity index (χ1v) is 13.9. The molecule has 8 nitrogen and oxygen atoms in total. The van der Waals surface area contributed by atoms with Gasteiger partial charge in [-0.1, -0.05) is 31.2 Å². The lowest BCUT2D eigenvalue weighted by Crippen LogP contribution is -2.47. The number of rotatable bonds is 14. The predicted octanol–water partition coefficient (Wildman–Crippen LogP) is 3.71. The average molecular weight is 522 g/mol. The molecule has 2 amide bonds. The number of ether oxygens (including phenoxy) is 1. The van der Waals surface area contributed by atoms with Crippen molar-refractivity contribution in [2.75, 3.05) is 30.3 Å². The maximum atomic E-state index is 13.4. The summed E-state index contributed by atoms with van der Waals surface area (Å²) < 4.78 is 45.3. The molecular formula is C26H36FN3O5S. The second-order valence-corrected chi connectivity index (χ2v) is 10.4. The predicted molar refractivity (Wildman–Crippen MR) is 139 cm³/mol. The lowest BCUT2D eigenvalue weighted by molar-refractivity contribution is -0.140. The van der Waals surface area contributed by atoms with Gasteiger partial charge in [0.25, 0.3) is 0 Å². The third-order valence-electron chi connectivity index (χ3n) is 5.57. The smallest absolute Gasteiger partial charge is 0.242 e. The summed E-state index contributed by atoms with van der Waals surface area (Å²) in [6, 6.07) is 11.8. The third kappa shape index (κ3) is 8.51. The minimum absolute atomic E-state index is 0.0232. The number of carbonyl (C=O) groups is 2. The molecule has 0 spiro atoms. The van der Waals surface area contributed by atoms with Crippen LogP contribution >= 0.6 is 0 Å². The van der Waals surface area contributed by atoms with Crippen LogP contribution in [0.25, 0.3) is 0 Å². The maximum Gasteiger partial charge on any atom is 0.242 e. The summed E-state index contributed by atoms with van der Waals surface area (Å²) in [6.07, 6.45) is 2.12. The zero-order chi connectivity index (χ0) is 26.7. The Kier molecular flexibility index (Phi) is 11.2. The molecule has 0 aliphatic carbocycles. The fraction of sp³-hybridized carbons (Fsp3) is 0.462. The van der Waals surface area contributed by atoms with E-state index in [2.05, 4.69) is 5.32 Å². The number of para-hydroxylation sites is 2. The van der Waals surface area contributed by atoms with Crippen LogP contribution in [0.1, 0.15) is 45.6 Å². The molecule has 2 rings (SSSR count). The molecule has 1 atom stereocenters. The average Bonchev–Trinajstić information content (AvgIpc) is 2.84. The van der Waals surface area contributed by atoms with Crippen LogP contribution in [-0.4, -0.2) is 57.1 Å². The molecule has 0 radical (unpaired) electrons. The van der Waals surface area contributed by atoms with Gasteiger partial charge in [-0.15, -0.1) is 0 Å². The molecule has 0 aromatic heterocycles. The van der Waals surface area contributed by atoms with Crippen LogP contribution in [0.15, 0.2) is 48.5 Å². The minimum atomic E-state index is -3.64. The third-order valence-corrected chi connectivity index (χ3v) is 6.75. The molecule has 0 aliphatic heterocycles. The van der Waals surface area contributed by atoms with Crippen LogP contribution in [0.3, 0.4) is 0 Å².